The maximum Gasteiger partial charge on any atom is 0.279 e. The van der Waals surface area contributed by atoms with Gasteiger partial charge < -0.3 is 15.0 Å². The maximum absolute atomic E-state index is 13.0. The smallest absolute Gasteiger partial charge is 0.279 e. The van der Waals surface area contributed by atoms with E-state index in [4.69, 9.17) is 4.74 Å². The van der Waals surface area contributed by atoms with Gasteiger partial charge in [-0.25, -0.2) is 0 Å². The summed E-state index contributed by atoms with van der Waals surface area (Å²) < 4.78 is 5.17. The Kier molecular flexibility index (Phi) is 5.42. The number of hydrogen-bond donors (Lipinski definition) is 1. The predicted molar refractivity (Wildman–Crippen MR) is 114 cm³/mol. The lowest BCUT2D eigenvalue weighted by molar-refractivity contribution is 0.0975. The molecule has 0 fully saturated rings. The van der Waals surface area contributed by atoms with Gasteiger partial charge in [-0.3, -0.25) is 4.79 Å². The van der Waals surface area contributed by atoms with E-state index in [0.29, 0.717) is 11.5 Å². The monoisotopic (exact) mass is 388 g/mol. The van der Waals surface area contributed by atoms with Crippen molar-refractivity contribution in [3.63, 3.8) is 0 Å². The van der Waals surface area contributed by atoms with Crippen LogP contribution in [0.4, 0.5) is 11.5 Å². The van der Waals surface area contributed by atoms with Crippen LogP contribution in [-0.2, 0) is 12.8 Å². The number of anilines is 2. The Bertz CT molecular complexity index is 987. The van der Waals surface area contributed by atoms with Crippen LogP contribution >= 0.6 is 0 Å². The fourth-order valence-corrected chi connectivity index (χ4v) is 3.67. The van der Waals surface area contributed by atoms with Crippen molar-refractivity contribution in [3.05, 3.63) is 77.5 Å². The molecule has 1 aromatic heterocycles. The average molecular weight is 388 g/mol. The Morgan fingerprint density at radius 1 is 1.10 bits per heavy atom. The molecule has 0 aliphatic carbocycles. The predicted octanol–water partition coefficient (Wildman–Crippen LogP) is 3.73. The Labute approximate surface area is 170 Å². The Morgan fingerprint density at radius 2 is 1.90 bits per heavy atom. The first-order chi connectivity index (χ1) is 14.2. The quantitative estimate of drug-likeness (QED) is 0.697. The molecule has 0 bridgehead atoms. The van der Waals surface area contributed by atoms with Crippen molar-refractivity contribution in [1.82, 2.24) is 10.2 Å². The van der Waals surface area contributed by atoms with Crippen LogP contribution in [0.2, 0.25) is 0 Å². The number of carbonyl (C=O) groups is 1. The van der Waals surface area contributed by atoms with E-state index in [1.807, 2.05) is 47.4 Å². The van der Waals surface area contributed by atoms with Crippen molar-refractivity contribution in [3.8, 4) is 5.75 Å². The molecule has 29 heavy (non-hydrogen) atoms. The number of methoxy groups -OCH3 is 1. The van der Waals surface area contributed by atoms with Gasteiger partial charge in [0.1, 0.15) is 11.6 Å². The second kappa shape index (κ2) is 8.31. The number of carbonyl (C=O) groups excluding carboxylic acids is 1. The molecule has 1 amide bonds. The van der Waals surface area contributed by atoms with Crippen molar-refractivity contribution >= 4 is 17.4 Å². The largest absolute Gasteiger partial charge is 0.497 e. The van der Waals surface area contributed by atoms with Crippen LogP contribution in [0.3, 0.4) is 0 Å². The Hall–Kier alpha value is -3.41. The minimum atomic E-state index is -0.111. The first-order valence-corrected chi connectivity index (χ1v) is 9.77. The molecule has 148 valence electrons. The van der Waals surface area contributed by atoms with E-state index in [-0.39, 0.29) is 11.9 Å². The Morgan fingerprint density at radius 3 is 2.62 bits per heavy atom. The van der Waals surface area contributed by atoms with Crippen LogP contribution in [0.25, 0.3) is 0 Å². The van der Waals surface area contributed by atoms with Gasteiger partial charge >= 0.3 is 0 Å². The molecule has 0 saturated heterocycles. The summed E-state index contributed by atoms with van der Waals surface area (Å²) in [7, 11) is 1.66. The number of ether oxygens (including phenoxy) is 1. The van der Waals surface area contributed by atoms with Crippen LogP contribution < -0.4 is 15.0 Å². The summed E-state index contributed by atoms with van der Waals surface area (Å²) in [5, 5.41) is 11.6. The minimum absolute atomic E-state index is 0.111. The first-order valence-electron chi connectivity index (χ1n) is 9.77. The third-order valence-corrected chi connectivity index (χ3v) is 5.19. The van der Waals surface area contributed by atoms with Crippen LogP contribution in [0, 0.1) is 0 Å². The van der Waals surface area contributed by atoms with Gasteiger partial charge in [0.15, 0.2) is 5.69 Å². The molecular formula is C23H24N4O2. The molecule has 1 atom stereocenters. The highest BCUT2D eigenvalue weighted by Crippen LogP contribution is 2.32. The number of aromatic nitrogens is 2. The molecule has 0 radical (unpaired) electrons. The summed E-state index contributed by atoms with van der Waals surface area (Å²) in [6, 6.07) is 19.7. The van der Waals surface area contributed by atoms with Gasteiger partial charge in [0.25, 0.3) is 5.91 Å². The zero-order valence-electron chi connectivity index (χ0n) is 16.6. The molecule has 6 nitrogen and oxygen atoms in total. The van der Waals surface area contributed by atoms with Gasteiger partial charge in [-0.1, -0.05) is 30.3 Å². The minimum Gasteiger partial charge on any atom is -0.497 e. The fraction of sp³-hybridized carbons (Fsp3) is 0.261. The number of rotatable bonds is 6. The molecule has 0 saturated carbocycles. The van der Waals surface area contributed by atoms with E-state index in [1.54, 1.807) is 19.2 Å². The number of nitrogens with zero attached hydrogens (tertiary/aromatic N) is 3. The normalized spacial score (nSPS) is 15.1. The molecule has 1 aliphatic rings. The summed E-state index contributed by atoms with van der Waals surface area (Å²) >= 11 is 0. The van der Waals surface area contributed by atoms with Crippen molar-refractivity contribution < 1.29 is 9.53 Å². The fourth-order valence-electron chi connectivity index (χ4n) is 3.67. The molecular weight excluding hydrogens is 364 g/mol. The molecule has 1 N–H and O–H groups in total. The molecule has 2 aromatic carbocycles. The summed E-state index contributed by atoms with van der Waals surface area (Å²) in [6.45, 7) is 2.78. The third-order valence-electron chi connectivity index (χ3n) is 5.19. The summed E-state index contributed by atoms with van der Waals surface area (Å²) in [6.07, 6.45) is 1.72. The van der Waals surface area contributed by atoms with Crippen molar-refractivity contribution in [2.24, 2.45) is 0 Å². The second-order valence-corrected chi connectivity index (χ2v) is 7.19. The van der Waals surface area contributed by atoms with Gasteiger partial charge in [0.05, 0.1) is 7.11 Å². The lowest BCUT2D eigenvalue weighted by Crippen LogP contribution is -2.36. The van der Waals surface area contributed by atoms with Gasteiger partial charge in [-0.2, -0.15) is 0 Å². The molecule has 4 rings (SSSR count). The molecule has 3 aromatic rings. The highest BCUT2D eigenvalue weighted by atomic mass is 16.5. The number of hydrogen-bond acceptors (Lipinski definition) is 5. The van der Waals surface area contributed by atoms with E-state index >= 15 is 0 Å². The molecule has 1 aliphatic heterocycles. The summed E-state index contributed by atoms with van der Waals surface area (Å²) in [5.41, 5.74) is 3.72. The number of fused-ring (bicyclic) bond motifs is 1. The summed E-state index contributed by atoms with van der Waals surface area (Å²) in [4.78, 5) is 14.8. The number of para-hydroxylation sites is 1. The van der Waals surface area contributed by atoms with Gasteiger partial charge in [-0.05, 0) is 61.2 Å². The summed E-state index contributed by atoms with van der Waals surface area (Å²) in [5.74, 6) is 1.40. The molecule has 2 heterocycles. The van der Waals surface area contributed by atoms with Crippen LogP contribution in [0.1, 0.15) is 28.5 Å². The van der Waals surface area contributed by atoms with Gasteiger partial charge in [0, 0.05) is 18.3 Å². The molecule has 1 unspecified atom stereocenters. The van der Waals surface area contributed by atoms with Gasteiger partial charge in [0.2, 0.25) is 0 Å². The molecule has 6 heteroatoms. The second-order valence-electron chi connectivity index (χ2n) is 7.19. The highest BCUT2D eigenvalue weighted by molar-refractivity contribution is 6.06. The van der Waals surface area contributed by atoms with Crippen molar-refractivity contribution in [2.75, 3.05) is 23.9 Å². The zero-order valence-corrected chi connectivity index (χ0v) is 16.6. The van der Waals surface area contributed by atoms with Gasteiger partial charge in [-0.15, -0.1) is 10.2 Å². The van der Waals surface area contributed by atoms with E-state index in [1.165, 1.54) is 11.1 Å². The van der Waals surface area contributed by atoms with Crippen molar-refractivity contribution in [2.45, 2.75) is 25.8 Å². The van der Waals surface area contributed by atoms with E-state index < -0.39 is 0 Å². The average Bonchev–Trinajstić information content (AvgIpc) is 3.10. The van der Waals surface area contributed by atoms with Crippen molar-refractivity contribution in [1.29, 1.82) is 0 Å². The lowest BCUT2D eigenvalue weighted by Gasteiger charge is -2.22. The van der Waals surface area contributed by atoms with E-state index in [0.717, 1.165) is 30.8 Å². The number of amides is 1. The number of benzene rings is 2. The highest BCUT2D eigenvalue weighted by Gasteiger charge is 2.31. The van der Waals surface area contributed by atoms with Crippen LogP contribution in [0.15, 0.2) is 60.7 Å². The lowest BCUT2D eigenvalue weighted by atomic mass is 10.1. The van der Waals surface area contributed by atoms with E-state index in [9.17, 15) is 4.79 Å². The first kappa shape index (κ1) is 18.9. The standard InChI is InChI=1S/C23H24N4O2/c1-16-15-18-5-3-4-6-21(18)27(16)23(28)20-11-12-22(26-25-20)24-14-13-17-7-9-19(29-2)10-8-17/h3-12,16H,13-15H2,1-2H3,(H,24,26). The van der Waals surface area contributed by atoms with E-state index in [2.05, 4.69) is 28.5 Å². The number of nitrogens with one attached hydrogen (secondary N) is 1. The Balaban J connectivity index is 1.37. The SMILES string of the molecule is COc1ccc(CCNc2ccc(C(=O)N3c4ccccc4CC3C)nn2)cc1. The van der Waals surface area contributed by atoms with Crippen LogP contribution in [0.5, 0.6) is 5.75 Å². The molecule has 0 spiro atoms. The topological polar surface area (TPSA) is 67.3 Å². The van der Waals surface area contributed by atoms with Crippen LogP contribution in [-0.4, -0.2) is 35.8 Å². The zero-order chi connectivity index (χ0) is 20.2. The third kappa shape index (κ3) is 4.06. The maximum atomic E-state index is 13.0.